The number of aromatic nitrogens is 1. The lowest BCUT2D eigenvalue weighted by Gasteiger charge is -2.18. The molecule has 0 aliphatic heterocycles. The maximum atomic E-state index is 11.2. The molecule has 0 spiro atoms. The molecule has 3 aromatic rings. The lowest BCUT2D eigenvalue weighted by atomic mass is 9.99. The molecule has 1 aromatic heterocycles. The molecule has 0 bridgehead atoms. The van der Waals surface area contributed by atoms with Crippen LogP contribution in [0.15, 0.2) is 30.3 Å². The van der Waals surface area contributed by atoms with Crippen LogP contribution in [0.1, 0.15) is 5.56 Å². The summed E-state index contributed by atoms with van der Waals surface area (Å²) in [5.41, 5.74) is 3.33. The van der Waals surface area contributed by atoms with Crippen LogP contribution in [0.2, 0.25) is 0 Å². The molecule has 0 fully saturated rings. The van der Waals surface area contributed by atoms with Crippen molar-refractivity contribution in [3.05, 3.63) is 35.9 Å². The van der Waals surface area contributed by atoms with Crippen molar-refractivity contribution in [3.8, 4) is 34.3 Å². The Hall–Kier alpha value is -3.15. The van der Waals surface area contributed by atoms with Crippen LogP contribution < -0.4 is 18.9 Å². The number of rotatable bonds is 7. The van der Waals surface area contributed by atoms with Gasteiger partial charge in [-0.2, -0.15) is 0 Å². The molecule has 0 radical (unpaired) electrons. The van der Waals surface area contributed by atoms with Gasteiger partial charge in [0.25, 0.3) is 0 Å². The molecule has 0 aliphatic carbocycles. The smallest absolute Gasteiger partial charge is 0.203 e. The predicted molar refractivity (Wildman–Crippen MR) is 99.7 cm³/mol. The molecule has 0 unspecified atom stereocenters. The number of nitrogens with one attached hydrogen (secondary N) is 1. The minimum atomic E-state index is 0.227. The van der Waals surface area contributed by atoms with E-state index in [1.165, 1.54) is 0 Å². The molecule has 1 heterocycles. The number of H-pyrrole nitrogens is 1. The Balaban J connectivity index is 2.29. The summed E-state index contributed by atoms with van der Waals surface area (Å²) >= 11 is 0. The second-order valence-corrected chi connectivity index (χ2v) is 5.69. The van der Waals surface area contributed by atoms with Crippen LogP contribution in [0.3, 0.4) is 0 Å². The standard InChI is InChI=1S/C20H21NO5/c1-23-14-5-6-15-13(9-14)10-16(21-15)18-12(7-8-22)11-17(24-2)19(25-3)20(18)26-4/h5-6,8-11,21H,7H2,1-4H3. The van der Waals surface area contributed by atoms with E-state index in [1.54, 1.807) is 34.5 Å². The third-order valence-electron chi connectivity index (χ3n) is 4.31. The van der Waals surface area contributed by atoms with Crippen LogP contribution in [0, 0.1) is 0 Å². The van der Waals surface area contributed by atoms with Crippen molar-refractivity contribution in [1.82, 2.24) is 4.98 Å². The number of methoxy groups -OCH3 is 4. The van der Waals surface area contributed by atoms with Gasteiger partial charge in [0.1, 0.15) is 12.0 Å². The lowest BCUT2D eigenvalue weighted by Crippen LogP contribution is -2.01. The van der Waals surface area contributed by atoms with Crippen molar-refractivity contribution >= 4 is 17.2 Å². The Kier molecular flexibility index (Phi) is 5.02. The first kappa shape index (κ1) is 17.7. The zero-order chi connectivity index (χ0) is 18.7. The highest BCUT2D eigenvalue weighted by molar-refractivity contribution is 5.90. The Morgan fingerprint density at radius 2 is 1.69 bits per heavy atom. The fraction of sp³-hybridized carbons (Fsp3) is 0.250. The maximum Gasteiger partial charge on any atom is 0.203 e. The SMILES string of the molecule is COc1ccc2[nH]c(-c3c(CC=O)cc(OC)c(OC)c3OC)cc2c1. The molecule has 6 heteroatoms. The second-order valence-electron chi connectivity index (χ2n) is 5.69. The highest BCUT2D eigenvalue weighted by atomic mass is 16.5. The monoisotopic (exact) mass is 355 g/mol. The van der Waals surface area contributed by atoms with E-state index in [9.17, 15) is 4.79 Å². The van der Waals surface area contributed by atoms with Crippen molar-refractivity contribution in [2.24, 2.45) is 0 Å². The quantitative estimate of drug-likeness (QED) is 0.656. The molecule has 0 amide bonds. The highest BCUT2D eigenvalue weighted by Gasteiger charge is 2.22. The molecule has 6 nitrogen and oxygen atoms in total. The van der Waals surface area contributed by atoms with E-state index in [2.05, 4.69) is 4.98 Å². The van der Waals surface area contributed by atoms with Gasteiger partial charge in [0.2, 0.25) is 5.75 Å². The van der Waals surface area contributed by atoms with Gasteiger partial charge in [0.05, 0.1) is 34.1 Å². The first-order valence-corrected chi connectivity index (χ1v) is 8.09. The summed E-state index contributed by atoms with van der Waals surface area (Å²) in [5.74, 6) is 2.29. The third-order valence-corrected chi connectivity index (χ3v) is 4.31. The minimum Gasteiger partial charge on any atom is -0.497 e. The number of benzene rings is 2. The van der Waals surface area contributed by atoms with Crippen molar-refractivity contribution < 1.29 is 23.7 Å². The minimum absolute atomic E-state index is 0.227. The Morgan fingerprint density at radius 1 is 0.923 bits per heavy atom. The summed E-state index contributed by atoms with van der Waals surface area (Å²) in [7, 11) is 6.31. The van der Waals surface area contributed by atoms with E-state index >= 15 is 0 Å². The Bertz CT molecular complexity index is 945. The van der Waals surface area contributed by atoms with Gasteiger partial charge < -0.3 is 28.7 Å². The highest BCUT2D eigenvalue weighted by Crippen LogP contribution is 2.47. The van der Waals surface area contributed by atoms with Gasteiger partial charge in [-0.1, -0.05) is 0 Å². The van der Waals surface area contributed by atoms with Crippen LogP contribution in [0.4, 0.5) is 0 Å². The van der Waals surface area contributed by atoms with Crippen LogP contribution in [0.25, 0.3) is 22.2 Å². The number of aromatic amines is 1. The number of hydrogen-bond acceptors (Lipinski definition) is 5. The van der Waals surface area contributed by atoms with Crippen molar-refractivity contribution in [3.63, 3.8) is 0 Å². The Labute approximate surface area is 151 Å². The first-order chi connectivity index (χ1) is 12.7. The molecule has 1 N–H and O–H groups in total. The van der Waals surface area contributed by atoms with Crippen LogP contribution in [-0.4, -0.2) is 39.7 Å². The lowest BCUT2D eigenvalue weighted by molar-refractivity contribution is -0.107. The predicted octanol–water partition coefficient (Wildman–Crippen LogP) is 3.61. The van der Waals surface area contributed by atoms with E-state index in [0.717, 1.165) is 39.8 Å². The van der Waals surface area contributed by atoms with E-state index in [4.69, 9.17) is 18.9 Å². The first-order valence-electron chi connectivity index (χ1n) is 8.09. The second kappa shape index (κ2) is 7.39. The number of fused-ring (bicyclic) bond motifs is 1. The summed E-state index contributed by atoms with van der Waals surface area (Å²) in [4.78, 5) is 14.6. The molecular weight excluding hydrogens is 334 g/mol. The average molecular weight is 355 g/mol. The molecule has 2 aromatic carbocycles. The number of carbonyl (C=O) groups is 1. The van der Waals surface area contributed by atoms with Gasteiger partial charge in [-0.3, -0.25) is 0 Å². The van der Waals surface area contributed by atoms with Gasteiger partial charge in [-0.15, -0.1) is 0 Å². The molecule has 0 saturated carbocycles. The fourth-order valence-corrected chi connectivity index (χ4v) is 3.13. The van der Waals surface area contributed by atoms with Gasteiger partial charge >= 0.3 is 0 Å². The number of aldehydes is 1. The van der Waals surface area contributed by atoms with Crippen LogP contribution >= 0.6 is 0 Å². The maximum absolute atomic E-state index is 11.2. The number of hydrogen-bond donors (Lipinski definition) is 1. The fourth-order valence-electron chi connectivity index (χ4n) is 3.13. The molecule has 0 saturated heterocycles. The molecule has 3 rings (SSSR count). The van der Waals surface area contributed by atoms with Crippen LogP contribution in [-0.2, 0) is 11.2 Å². The summed E-state index contributed by atoms with van der Waals surface area (Å²) in [6.07, 6.45) is 1.08. The third kappa shape index (κ3) is 2.94. The molecule has 0 aliphatic rings. The van der Waals surface area contributed by atoms with Gasteiger partial charge in [0.15, 0.2) is 11.5 Å². The topological polar surface area (TPSA) is 69.8 Å². The van der Waals surface area contributed by atoms with Gasteiger partial charge in [-0.25, -0.2) is 0 Å². The van der Waals surface area contributed by atoms with Crippen molar-refractivity contribution in [2.75, 3.05) is 28.4 Å². The van der Waals surface area contributed by atoms with E-state index in [0.29, 0.717) is 17.2 Å². The largest absolute Gasteiger partial charge is 0.497 e. The average Bonchev–Trinajstić information content (AvgIpc) is 3.09. The van der Waals surface area contributed by atoms with E-state index in [1.807, 2.05) is 24.3 Å². The normalized spacial score (nSPS) is 10.6. The zero-order valence-corrected chi connectivity index (χ0v) is 15.2. The van der Waals surface area contributed by atoms with Crippen LogP contribution in [0.5, 0.6) is 23.0 Å². The molecule has 136 valence electrons. The number of carbonyl (C=O) groups excluding carboxylic acids is 1. The molecule has 0 atom stereocenters. The van der Waals surface area contributed by atoms with Gasteiger partial charge in [0, 0.05) is 22.9 Å². The van der Waals surface area contributed by atoms with E-state index in [-0.39, 0.29) is 6.42 Å². The summed E-state index contributed by atoms with van der Waals surface area (Å²) in [5, 5.41) is 0.994. The van der Waals surface area contributed by atoms with Gasteiger partial charge in [-0.05, 0) is 35.9 Å². The zero-order valence-electron chi connectivity index (χ0n) is 15.2. The van der Waals surface area contributed by atoms with Crippen molar-refractivity contribution in [1.29, 1.82) is 0 Å². The van der Waals surface area contributed by atoms with E-state index < -0.39 is 0 Å². The summed E-state index contributed by atoms with van der Waals surface area (Å²) in [6, 6.07) is 9.58. The molecule has 26 heavy (non-hydrogen) atoms. The van der Waals surface area contributed by atoms with Crippen molar-refractivity contribution in [2.45, 2.75) is 6.42 Å². The Morgan fingerprint density at radius 3 is 2.31 bits per heavy atom. The number of ether oxygens (including phenoxy) is 4. The summed E-state index contributed by atoms with van der Waals surface area (Å²) < 4.78 is 21.8. The summed E-state index contributed by atoms with van der Waals surface area (Å²) in [6.45, 7) is 0. The molecular formula is C20H21NO5.